The third kappa shape index (κ3) is 3.87. The molecule has 3 aromatic rings. The van der Waals surface area contributed by atoms with Gasteiger partial charge in [-0.3, -0.25) is 9.89 Å². The monoisotopic (exact) mass is 427 g/mol. The second-order valence-corrected chi connectivity index (χ2v) is 8.50. The molecule has 8 heteroatoms. The van der Waals surface area contributed by atoms with E-state index in [4.69, 9.17) is 9.47 Å². The van der Waals surface area contributed by atoms with Crippen LogP contribution < -0.4 is 14.8 Å². The summed E-state index contributed by atoms with van der Waals surface area (Å²) in [6.45, 7) is 3.91. The fraction of sp³-hybridized carbons (Fsp3) is 0.273. The molecule has 0 spiro atoms. The minimum Gasteiger partial charge on any atom is -0.493 e. The van der Waals surface area contributed by atoms with E-state index in [1.54, 1.807) is 37.1 Å². The molecule has 1 aliphatic heterocycles. The zero-order chi connectivity index (χ0) is 21.3. The van der Waals surface area contributed by atoms with E-state index in [1.807, 2.05) is 32.0 Å². The number of carbonyl (C=O) groups excluding carboxylic acids is 1. The van der Waals surface area contributed by atoms with Crippen LogP contribution in [-0.2, 0) is 11.4 Å². The third-order valence-corrected chi connectivity index (χ3v) is 6.44. The number of H-pyrrole nitrogens is 1. The molecule has 2 aromatic carbocycles. The van der Waals surface area contributed by atoms with Crippen LogP contribution in [0.25, 0.3) is 0 Å². The number of benzene rings is 2. The van der Waals surface area contributed by atoms with Gasteiger partial charge in [-0.1, -0.05) is 24.3 Å². The van der Waals surface area contributed by atoms with Crippen molar-refractivity contribution in [2.24, 2.45) is 0 Å². The maximum absolute atomic E-state index is 13.9. The number of halogens is 1. The predicted molar refractivity (Wildman–Crippen MR) is 115 cm³/mol. The summed E-state index contributed by atoms with van der Waals surface area (Å²) in [5.41, 5.74) is 3.28. The Hall–Kier alpha value is -3.00. The van der Waals surface area contributed by atoms with Gasteiger partial charge in [0, 0.05) is 16.8 Å². The number of methoxy groups -OCH3 is 1. The van der Waals surface area contributed by atoms with E-state index < -0.39 is 0 Å². The van der Waals surface area contributed by atoms with E-state index in [0.717, 1.165) is 16.8 Å². The number of aromatic amines is 1. The van der Waals surface area contributed by atoms with Crippen molar-refractivity contribution in [3.63, 3.8) is 0 Å². The maximum atomic E-state index is 13.9. The average Bonchev–Trinajstić information content (AvgIpc) is 3.04. The number of hydrogen-bond donors (Lipinski definition) is 2. The number of amides is 1. The van der Waals surface area contributed by atoms with E-state index in [-0.39, 0.29) is 28.8 Å². The first kappa shape index (κ1) is 20.3. The van der Waals surface area contributed by atoms with Gasteiger partial charge in [0.05, 0.1) is 17.6 Å². The summed E-state index contributed by atoms with van der Waals surface area (Å²) in [7, 11) is 1.57. The fourth-order valence-corrected chi connectivity index (χ4v) is 4.71. The molecule has 0 unspecified atom stereocenters. The quantitative estimate of drug-likeness (QED) is 0.622. The molecule has 0 fully saturated rings. The smallest absolute Gasteiger partial charge is 0.238 e. The number of anilines is 1. The molecule has 1 aromatic heterocycles. The summed E-state index contributed by atoms with van der Waals surface area (Å²) in [4.78, 5) is 12.3. The van der Waals surface area contributed by atoms with Crippen molar-refractivity contribution >= 4 is 23.5 Å². The van der Waals surface area contributed by atoms with E-state index in [2.05, 4.69) is 15.5 Å². The van der Waals surface area contributed by atoms with Crippen molar-refractivity contribution in [1.82, 2.24) is 10.2 Å². The van der Waals surface area contributed by atoms with Gasteiger partial charge in [-0.2, -0.15) is 5.10 Å². The molecular formula is C22H22FN3O3S. The number of hydrogen-bond acceptors (Lipinski definition) is 5. The molecular weight excluding hydrogens is 405 g/mol. The highest BCUT2D eigenvalue weighted by Crippen LogP contribution is 2.46. The number of fused-ring (bicyclic) bond motifs is 1. The lowest BCUT2D eigenvalue weighted by molar-refractivity contribution is -0.115. The normalized spacial score (nSPS) is 18.3. The fourth-order valence-electron chi connectivity index (χ4n) is 3.39. The molecule has 2 N–H and O–H groups in total. The van der Waals surface area contributed by atoms with Crippen molar-refractivity contribution < 1.29 is 18.7 Å². The number of aryl methyl sites for hydroxylation is 1. The highest BCUT2D eigenvalue weighted by molar-refractivity contribution is 8.01. The molecule has 0 saturated carbocycles. The summed E-state index contributed by atoms with van der Waals surface area (Å²) in [5.74, 6) is 1.24. The first-order chi connectivity index (χ1) is 14.5. The van der Waals surface area contributed by atoms with Crippen molar-refractivity contribution in [2.45, 2.75) is 31.0 Å². The van der Waals surface area contributed by atoms with Crippen LogP contribution in [0.4, 0.5) is 10.2 Å². The van der Waals surface area contributed by atoms with Gasteiger partial charge < -0.3 is 14.8 Å². The molecule has 1 aliphatic rings. The summed E-state index contributed by atoms with van der Waals surface area (Å²) < 4.78 is 25.2. The first-order valence-corrected chi connectivity index (χ1v) is 10.5. The first-order valence-electron chi connectivity index (χ1n) is 9.53. The maximum Gasteiger partial charge on any atom is 0.238 e. The van der Waals surface area contributed by atoms with Crippen LogP contribution in [0.3, 0.4) is 0 Å². The molecule has 1 amide bonds. The molecule has 2 atom stereocenters. The van der Waals surface area contributed by atoms with Crippen LogP contribution >= 0.6 is 11.8 Å². The molecule has 30 heavy (non-hydrogen) atoms. The van der Waals surface area contributed by atoms with Gasteiger partial charge >= 0.3 is 0 Å². The largest absolute Gasteiger partial charge is 0.493 e. The van der Waals surface area contributed by atoms with Gasteiger partial charge in [0.15, 0.2) is 17.3 Å². The minimum atomic E-state index is -0.308. The summed E-state index contributed by atoms with van der Waals surface area (Å²) >= 11 is 1.55. The molecule has 4 rings (SSSR count). The Labute approximate surface area is 178 Å². The molecule has 2 heterocycles. The number of carbonyl (C=O) groups is 1. The number of aromatic nitrogens is 2. The van der Waals surface area contributed by atoms with Crippen molar-refractivity contribution in [1.29, 1.82) is 0 Å². The molecule has 0 aliphatic carbocycles. The van der Waals surface area contributed by atoms with Gasteiger partial charge in [-0.05, 0) is 37.6 Å². The molecule has 6 nitrogen and oxygen atoms in total. The second-order valence-electron chi connectivity index (χ2n) is 7.05. The second kappa shape index (κ2) is 8.39. The van der Waals surface area contributed by atoms with Gasteiger partial charge in [-0.15, -0.1) is 11.8 Å². The Balaban J connectivity index is 1.64. The Morgan fingerprint density at radius 3 is 2.77 bits per heavy atom. The van der Waals surface area contributed by atoms with E-state index in [0.29, 0.717) is 22.9 Å². The number of nitrogens with zero attached hydrogens (tertiary/aromatic N) is 1. The highest BCUT2D eigenvalue weighted by atomic mass is 32.2. The Bertz CT molecular complexity index is 1090. The standard InChI is InChI=1S/C22H22FN3O3S/c1-12-19-20(30-13(2)22(27)24-21(19)26-25-12)14-8-9-17(18(10-14)28-3)29-11-15-6-4-5-7-16(15)23/h4-10,13,20H,11H2,1-3H3,(H2,24,25,26,27)/t13-,20-/m0/s1. The number of thioether (sulfide) groups is 1. The number of rotatable bonds is 5. The molecule has 0 saturated heterocycles. The molecule has 0 bridgehead atoms. The van der Waals surface area contributed by atoms with Gasteiger partial charge in [0.1, 0.15) is 12.4 Å². The van der Waals surface area contributed by atoms with Gasteiger partial charge in [-0.25, -0.2) is 4.39 Å². The van der Waals surface area contributed by atoms with Crippen molar-refractivity contribution in [3.05, 3.63) is 70.7 Å². The molecule has 0 radical (unpaired) electrons. The van der Waals surface area contributed by atoms with E-state index >= 15 is 0 Å². The van der Waals surface area contributed by atoms with Crippen LogP contribution in [-0.4, -0.2) is 28.5 Å². The average molecular weight is 428 g/mol. The summed E-state index contributed by atoms with van der Waals surface area (Å²) in [5, 5.41) is 9.73. The number of ether oxygens (including phenoxy) is 2. The minimum absolute atomic E-state index is 0.0768. The SMILES string of the molecule is COc1cc([C@@H]2S[C@@H](C)C(=O)Nc3n[nH]c(C)c32)ccc1OCc1ccccc1F. The predicted octanol–water partition coefficient (Wildman–Crippen LogP) is 4.61. The van der Waals surface area contributed by atoms with Crippen LogP contribution in [0.2, 0.25) is 0 Å². The zero-order valence-corrected chi connectivity index (χ0v) is 17.7. The van der Waals surface area contributed by atoms with E-state index in [9.17, 15) is 9.18 Å². The van der Waals surface area contributed by atoms with E-state index in [1.165, 1.54) is 6.07 Å². The lowest BCUT2D eigenvalue weighted by atomic mass is 10.0. The van der Waals surface area contributed by atoms with Crippen LogP contribution in [0.15, 0.2) is 42.5 Å². The Kier molecular flexibility index (Phi) is 5.67. The Morgan fingerprint density at radius 2 is 2.00 bits per heavy atom. The van der Waals surface area contributed by atoms with Crippen LogP contribution in [0.5, 0.6) is 11.5 Å². The zero-order valence-electron chi connectivity index (χ0n) is 16.9. The lowest BCUT2D eigenvalue weighted by Crippen LogP contribution is -2.21. The van der Waals surface area contributed by atoms with Crippen molar-refractivity contribution in [3.8, 4) is 11.5 Å². The van der Waals surface area contributed by atoms with Crippen LogP contribution in [0.1, 0.15) is 34.6 Å². The lowest BCUT2D eigenvalue weighted by Gasteiger charge is -2.19. The highest BCUT2D eigenvalue weighted by Gasteiger charge is 2.32. The van der Waals surface area contributed by atoms with Crippen molar-refractivity contribution in [2.75, 3.05) is 12.4 Å². The summed E-state index contributed by atoms with van der Waals surface area (Å²) in [6.07, 6.45) is 0. The molecule has 156 valence electrons. The third-order valence-electron chi connectivity index (χ3n) is 5.04. The van der Waals surface area contributed by atoms with Gasteiger partial charge in [0.2, 0.25) is 5.91 Å². The van der Waals surface area contributed by atoms with Gasteiger partial charge in [0.25, 0.3) is 0 Å². The Morgan fingerprint density at radius 1 is 1.20 bits per heavy atom. The van der Waals surface area contributed by atoms with Crippen LogP contribution in [0, 0.1) is 12.7 Å². The topological polar surface area (TPSA) is 76.2 Å². The number of nitrogens with one attached hydrogen (secondary N) is 2. The summed E-state index contributed by atoms with van der Waals surface area (Å²) in [6, 6.07) is 12.2.